The van der Waals surface area contributed by atoms with Crippen molar-refractivity contribution in [2.45, 2.75) is 38.8 Å². The summed E-state index contributed by atoms with van der Waals surface area (Å²) in [6.45, 7) is 4.91. The molecule has 3 aromatic heterocycles. The minimum atomic E-state index is -0.0208. The number of hydrogen-bond donors (Lipinski definition) is 0. The van der Waals surface area contributed by atoms with Crippen LogP contribution in [0.15, 0.2) is 47.8 Å². The number of aromatic nitrogens is 4. The molecule has 8 heteroatoms. The molecule has 1 fully saturated rings. The van der Waals surface area contributed by atoms with Crippen molar-refractivity contribution in [3.05, 3.63) is 58.2 Å². The fourth-order valence-corrected chi connectivity index (χ4v) is 4.51. The molecule has 0 aliphatic carbocycles. The van der Waals surface area contributed by atoms with E-state index in [1.54, 1.807) is 28.3 Å². The summed E-state index contributed by atoms with van der Waals surface area (Å²) in [6, 6.07) is 7.67. The van der Waals surface area contributed by atoms with Crippen molar-refractivity contribution in [2.24, 2.45) is 0 Å². The predicted octanol–water partition coefficient (Wildman–Crippen LogP) is 3.51. The van der Waals surface area contributed by atoms with Crippen LogP contribution >= 0.6 is 23.7 Å². The van der Waals surface area contributed by atoms with E-state index in [1.165, 1.54) is 37.2 Å². The molecule has 0 unspecified atom stereocenters. The molecule has 0 atom stereocenters. The van der Waals surface area contributed by atoms with Gasteiger partial charge in [0, 0.05) is 29.9 Å². The van der Waals surface area contributed by atoms with Gasteiger partial charge in [0.1, 0.15) is 5.69 Å². The van der Waals surface area contributed by atoms with E-state index in [-0.39, 0.29) is 18.0 Å². The molecular formula is C20H26ClN5OS. The van der Waals surface area contributed by atoms with Gasteiger partial charge in [-0.25, -0.2) is 9.67 Å². The van der Waals surface area contributed by atoms with Crippen LogP contribution in [-0.2, 0) is 13.1 Å². The predicted molar refractivity (Wildman–Crippen MR) is 115 cm³/mol. The van der Waals surface area contributed by atoms with E-state index >= 15 is 0 Å². The van der Waals surface area contributed by atoms with Crippen molar-refractivity contribution >= 4 is 23.7 Å². The molecule has 6 nitrogen and oxygen atoms in total. The third-order valence-electron chi connectivity index (χ3n) is 4.97. The number of hydrogen-bond acceptors (Lipinski definition) is 5. The van der Waals surface area contributed by atoms with Crippen molar-refractivity contribution in [1.82, 2.24) is 24.2 Å². The maximum atomic E-state index is 12.2. The fourth-order valence-electron chi connectivity index (χ4n) is 3.53. The average Bonchev–Trinajstić information content (AvgIpc) is 3.37. The van der Waals surface area contributed by atoms with Gasteiger partial charge in [0.2, 0.25) is 0 Å². The molecule has 0 amide bonds. The van der Waals surface area contributed by atoms with Gasteiger partial charge >= 0.3 is 0 Å². The van der Waals surface area contributed by atoms with E-state index in [1.807, 2.05) is 23.2 Å². The molecule has 0 aromatic carbocycles. The van der Waals surface area contributed by atoms with Crippen molar-refractivity contribution < 1.29 is 0 Å². The highest BCUT2D eigenvalue weighted by molar-refractivity contribution is 7.15. The Kier molecular flexibility index (Phi) is 7.42. The third kappa shape index (κ3) is 5.31. The van der Waals surface area contributed by atoms with Crippen molar-refractivity contribution in [2.75, 3.05) is 19.6 Å². The van der Waals surface area contributed by atoms with Gasteiger partial charge in [0.25, 0.3) is 5.56 Å². The molecule has 3 aromatic rings. The van der Waals surface area contributed by atoms with Crippen molar-refractivity contribution in [1.29, 1.82) is 0 Å². The number of aryl methyl sites for hydroxylation is 1. The van der Waals surface area contributed by atoms with Crippen molar-refractivity contribution in [3.8, 4) is 10.6 Å². The Bertz CT molecular complexity index is 915. The van der Waals surface area contributed by atoms with Crippen LogP contribution in [0, 0.1) is 0 Å². The first kappa shape index (κ1) is 20.8. The maximum absolute atomic E-state index is 12.2. The van der Waals surface area contributed by atoms with Crippen LogP contribution < -0.4 is 5.56 Å². The lowest BCUT2D eigenvalue weighted by molar-refractivity contribution is 0.221. The van der Waals surface area contributed by atoms with Gasteiger partial charge in [-0.3, -0.25) is 4.79 Å². The zero-order valence-electron chi connectivity index (χ0n) is 15.9. The topological polar surface area (TPSA) is 56.0 Å². The molecular weight excluding hydrogens is 394 g/mol. The van der Waals surface area contributed by atoms with E-state index in [9.17, 15) is 4.79 Å². The maximum Gasteiger partial charge on any atom is 0.266 e. The van der Waals surface area contributed by atoms with Gasteiger partial charge in [0.05, 0.1) is 17.7 Å². The number of thiophene rings is 1. The first-order chi connectivity index (χ1) is 13.3. The van der Waals surface area contributed by atoms with E-state index in [4.69, 9.17) is 0 Å². The quantitative estimate of drug-likeness (QED) is 0.588. The first-order valence-corrected chi connectivity index (χ1v) is 10.4. The lowest BCUT2D eigenvalue weighted by atomic mass is 10.1. The van der Waals surface area contributed by atoms with Gasteiger partial charge < -0.3 is 9.47 Å². The highest BCUT2D eigenvalue weighted by Gasteiger charge is 2.11. The van der Waals surface area contributed by atoms with Crippen LogP contribution in [0.1, 0.15) is 30.6 Å². The van der Waals surface area contributed by atoms with Crippen LogP contribution in [0.3, 0.4) is 0 Å². The summed E-state index contributed by atoms with van der Waals surface area (Å²) >= 11 is 1.71. The summed E-state index contributed by atoms with van der Waals surface area (Å²) in [5, 5.41) is 4.61. The van der Waals surface area contributed by atoms with Gasteiger partial charge in [-0.05, 0) is 57.1 Å². The molecule has 0 radical (unpaired) electrons. The van der Waals surface area contributed by atoms with Gasteiger partial charge in [-0.15, -0.1) is 23.7 Å². The highest BCUT2D eigenvalue weighted by Crippen LogP contribution is 2.26. The number of likely N-dealkylation sites (tertiary alicyclic amines) is 1. The largest absolute Gasteiger partial charge is 0.332 e. The number of rotatable bonds is 7. The van der Waals surface area contributed by atoms with E-state index in [0.29, 0.717) is 6.54 Å². The minimum absolute atomic E-state index is 0. The van der Waals surface area contributed by atoms with Crippen LogP contribution in [0.25, 0.3) is 10.6 Å². The Morgan fingerprint density at radius 1 is 1.04 bits per heavy atom. The van der Waals surface area contributed by atoms with Crippen molar-refractivity contribution in [3.63, 3.8) is 0 Å². The number of nitrogens with zero attached hydrogens (tertiary/aromatic N) is 5. The molecule has 0 bridgehead atoms. The molecule has 1 aliphatic heterocycles. The Hall–Kier alpha value is -1.96. The summed E-state index contributed by atoms with van der Waals surface area (Å²) in [5.74, 6) is 0. The summed E-state index contributed by atoms with van der Waals surface area (Å²) in [6.07, 6.45) is 10.5. The molecule has 150 valence electrons. The standard InChI is InChI=1S/C20H25N5OS.ClH/c26-20-8-6-18(19-7-5-17(27-19)15-24-14-9-21-16-24)22-25(20)13-4-12-23-10-2-1-3-11-23;/h5-9,14,16H,1-4,10-13,15H2;1H. The second-order valence-corrected chi connectivity index (χ2v) is 8.21. The average molecular weight is 420 g/mol. The smallest absolute Gasteiger partial charge is 0.266 e. The lowest BCUT2D eigenvalue weighted by Crippen LogP contribution is -2.32. The second-order valence-electron chi connectivity index (χ2n) is 7.04. The molecule has 1 aliphatic rings. The number of piperidine rings is 1. The van der Waals surface area contributed by atoms with Gasteiger partial charge in [-0.2, -0.15) is 5.10 Å². The zero-order chi connectivity index (χ0) is 18.5. The summed E-state index contributed by atoms with van der Waals surface area (Å²) in [4.78, 5) is 21.1. The summed E-state index contributed by atoms with van der Waals surface area (Å²) in [7, 11) is 0. The van der Waals surface area contributed by atoms with Crippen LogP contribution in [0.5, 0.6) is 0 Å². The van der Waals surface area contributed by atoms with Crippen LogP contribution in [0.2, 0.25) is 0 Å². The SMILES string of the molecule is Cl.O=c1ccc(-c2ccc(Cn3ccnc3)s2)nn1CCCN1CCCCC1. The third-order valence-corrected chi connectivity index (χ3v) is 6.06. The minimum Gasteiger partial charge on any atom is -0.332 e. The number of halogens is 1. The number of imidazole rings is 1. The Morgan fingerprint density at radius 2 is 1.89 bits per heavy atom. The van der Waals surface area contributed by atoms with E-state index < -0.39 is 0 Å². The Balaban J connectivity index is 0.00000225. The first-order valence-electron chi connectivity index (χ1n) is 9.63. The summed E-state index contributed by atoms with van der Waals surface area (Å²) in [5.41, 5.74) is 0.849. The van der Waals surface area contributed by atoms with Gasteiger partial charge in [-0.1, -0.05) is 6.42 Å². The molecule has 1 saturated heterocycles. The lowest BCUT2D eigenvalue weighted by Gasteiger charge is -2.26. The molecule has 28 heavy (non-hydrogen) atoms. The molecule has 0 saturated carbocycles. The second kappa shape index (κ2) is 10.0. The summed E-state index contributed by atoms with van der Waals surface area (Å²) < 4.78 is 3.67. The molecule has 4 heterocycles. The fraction of sp³-hybridized carbons (Fsp3) is 0.450. The van der Waals surface area contributed by atoms with E-state index in [2.05, 4.69) is 27.1 Å². The van der Waals surface area contributed by atoms with Crippen LogP contribution in [0.4, 0.5) is 0 Å². The monoisotopic (exact) mass is 419 g/mol. The highest BCUT2D eigenvalue weighted by atomic mass is 35.5. The normalized spacial score (nSPS) is 14.7. The molecule has 0 N–H and O–H groups in total. The van der Waals surface area contributed by atoms with Crippen LogP contribution in [-0.4, -0.2) is 43.9 Å². The zero-order valence-corrected chi connectivity index (χ0v) is 17.5. The molecule has 0 spiro atoms. The molecule has 4 rings (SSSR count). The Labute approximate surface area is 175 Å². The van der Waals surface area contributed by atoms with Gasteiger partial charge in [0.15, 0.2) is 0 Å². The van der Waals surface area contributed by atoms with E-state index in [0.717, 1.165) is 30.1 Å². The Morgan fingerprint density at radius 3 is 2.68 bits per heavy atom.